The lowest BCUT2D eigenvalue weighted by atomic mass is 9.92. The number of carbonyl (C=O) groups excluding carboxylic acids is 1. The third kappa shape index (κ3) is 7.20. The molecule has 1 atom stereocenters. The highest BCUT2D eigenvalue weighted by Crippen LogP contribution is 2.20. The molecule has 0 bridgehead atoms. The topological polar surface area (TPSA) is 68.8 Å². The molecule has 7 heteroatoms. The molecule has 1 aliphatic rings. The third-order valence-electron chi connectivity index (χ3n) is 4.58. The number of guanidine groups is 1. The molecule has 0 radical (unpaired) electrons. The van der Waals surface area contributed by atoms with Gasteiger partial charge in [0.25, 0.3) is 0 Å². The molecule has 27 heavy (non-hydrogen) atoms. The summed E-state index contributed by atoms with van der Waals surface area (Å²) in [5.41, 5.74) is 0.737. The van der Waals surface area contributed by atoms with Gasteiger partial charge in [-0.2, -0.15) is 0 Å². The van der Waals surface area contributed by atoms with Gasteiger partial charge >= 0.3 is 0 Å². The number of nitrogens with one attached hydrogen (secondary N) is 3. The summed E-state index contributed by atoms with van der Waals surface area (Å²) in [6.45, 7) is 11.7. The molecule has 0 aliphatic carbocycles. The molecule has 6 nitrogen and oxygen atoms in total. The Labute approximate surface area is 180 Å². The molecule has 0 saturated carbocycles. The van der Waals surface area contributed by atoms with E-state index in [0.29, 0.717) is 19.1 Å². The standard InChI is InChI=1S/C20H33N5O.HI/c1-5-21-18(26)20(3,4)15-23-19(22-6-2)24-16-12-13-25(14-16)17-10-8-7-9-11-17;/h7-11,16H,5-6,12-15H2,1-4H3,(H,21,26)(H2,22,23,24);1H. The first kappa shape index (κ1) is 23.5. The van der Waals surface area contributed by atoms with Gasteiger partial charge in [-0.05, 0) is 46.2 Å². The lowest BCUT2D eigenvalue weighted by molar-refractivity contribution is -0.128. The molecule has 1 saturated heterocycles. The van der Waals surface area contributed by atoms with E-state index >= 15 is 0 Å². The summed E-state index contributed by atoms with van der Waals surface area (Å²) in [6, 6.07) is 10.8. The highest BCUT2D eigenvalue weighted by molar-refractivity contribution is 14.0. The van der Waals surface area contributed by atoms with Crippen LogP contribution >= 0.6 is 24.0 Å². The second kappa shape index (κ2) is 11.4. The maximum Gasteiger partial charge on any atom is 0.227 e. The molecule has 1 unspecified atom stereocenters. The highest BCUT2D eigenvalue weighted by atomic mass is 127. The Balaban J connectivity index is 0.00000364. The van der Waals surface area contributed by atoms with Gasteiger partial charge in [0.15, 0.2) is 5.96 Å². The number of hydrogen-bond donors (Lipinski definition) is 3. The maximum absolute atomic E-state index is 12.2. The minimum Gasteiger partial charge on any atom is -0.369 e. The predicted molar refractivity (Wildman–Crippen MR) is 124 cm³/mol. The minimum atomic E-state index is -0.524. The summed E-state index contributed by atoms with van der Waals surface area (Å²) < 4.78 is 0. The van der Waals surface area contributed by atoms with E-state index in [0.717, 1.165) is 32.0 Å². The van der Waals surface area contributed by atoms with Gasteiger partial charge in [-0.1, -0.05) is 18.2 Å². The number of halogens is 1. The first-order valence-corrected chi connectivity index (χ1v) is 9.59. The van der Waals surface area contributed by atoms with E-state index in [2.05, 4.69) is 57.0 Å². The lowest BCUT2D eigenvalue weighted by Crippen LogP contribution is -2.46. The van der Waals surface area contributed by atoms with Crippen molar-refractivity contribution >= 4 is 41.5 Å². The molecular formula is C20H34IN5O. The molecule has 152 valence electrons. The van der Waals surface area contributed by atoms with Crippen molar-refractivity contribution in [2.45, 2.75) is 40.2 Å². The van der Waals surface area contributed by atoms with Crippen molar-refractivity contribution in [1.29, 1.82) is 0 Å². The fourth-order valence-electron chi connectivity index (χ4n) is 3.01. The van der Waals surface area contributed by atoms with Crippen LogP contribution in [0.15, 0.2) is 35.3 Å². The molecule has 1 aromatic carbocycles. The number of para-hydroxylation sites is 1. The van der Waals surface area contributed by atoms with Crippen LogP contribution in [0, 0.1) is 5.41 Å². The van der Waals surface area contributed by atoms with Gasteiger partial charge in [0.1, 0.15) is 0 Å². The lowest BCUT2D eigenvalue weighted by Gasteiger charge is -2.23. The Bertz CT molecular complexity index is 606. The van der Waals surface area contributed by atoms with E-state index in [9.17, 15) is 4.79 Å². The Hall–Kier alpha value is -1.51. The Morgan fingerprint density at radius 1 is 1.19 bits per heavy atom. The molecule has 1 aromatic rings. The molecule has 0 spiro atoms. The van der Waals surface area contributed by atoms with E-state index in [4.69, 9.17) is 0 Å². The molecule has 1 amide bonds. The number of hydrogen-bond acceptors (Lipinski definition) is 3. The summed E-state index contributed by atoms with van der Waals surface area (Å²) in [6.07, 6.45) is 1.07. The molecule has 0 aromatic heterocycles. The molecule has 3 N–H and O–H groups in total. The fourth-order valence-corrected chi connectivity index (χ4v) is 3.01. The molecule has 1 aliphatic heterocycles. The summed E-state index contributed by atoms with van der Waals surface area (Å²) in [5.74, 6) is 0.820. The zero-order valence-electron chi connectivity index (χ0n) is 16.9. The first-order valence-electron chi connectivity index (χ1n) is 9.59. The second-order valence-corrected chi connectivity index (χ2v) is 7.35. The largest absolute Gasteiger partial charge is 0.369 e. The fraction of sp³-hybridized carbons (Fsp3) is 0.600. The average Bonchev–Trinajstić information content (AvgIpc) is 3.09. The SMILES string of the molecule is CCNC(=O)C(C)(C)CN=C(NCC)NC1CCN(c2ccccc2)C1.I. The van der Waals surface area contributed by atoms with E-state index in [1.54, 1.807) is 0 Å². The Kier molecular flexibility index (Phi) is 9.90. The van der Waals surface area contributed by atoms with Crippen LogP contribution in [0.5, 0.6) is 0 Å². The normalized spacial score (nSPS) is 17.3. The van der Waals surface area contributed by atoms with Crippen molar-refractivity contribution in [3.05, 3.63) is 30.3 Å². The number of amides is 1. The van der Waals surface area contributed by atoms with Gasteiger partial charge in [0.2, 0.25) is 5.91 Å². The van der Waals surface area contributed by atoms with Crippen molar-refractivity contribution in [1.82, 2.24) is 16.0 Å². The number of carbonyl (C=O) groups is 1. The van der Waals surface area contributed by atoms with E-state index < -0.39 is 5.41 Å². The molecule has 2 rings (SSSR count). The maximum atomic E-state index is 12.2. The van der Waals surface area contributed by atoms with Crippen molar-refractivity contribution in [2.24, 2.45) is 10.4 Å². The Morgan fingerprint density at radius 3 is 2.48 bits per heavy atom. The average molecular weight is 487 g/mol. The minimum absolute atomic E-state index is 0. The molecular weight excluding hydrogens is 453 g/mol. The highest BCUT2D eigenvalue weighted by Gasteiger charge is 2.28. The smallest absolute Gasteiger partial charge is 0.227 e. The van der Waals surface area contributed by atoms with Crippen LogP contribution in [0.4, 0.5) is 5.69 Å². The second-order valence-electron chi connectivity index (χ2n) is 7.35. The van der Waals surface area contributed by atoms with Gasteiger partial charge in [0, 0.05) is 37.9 Å². The number of aliphatic imine (C=N–C) groups is 1. The zero-order valence-corrected chi connectivity index (χ0v) is 19.2. The number of benzene rings is 1. The van der Waals surface area contributed by atoms with Crippen molar-refractivity contribution in [3.8, 4) is 0 Å². The van der Waals surface area contributed by atoms with E-state index in [1.807, 2.05) is 26.8 Å². The summed E-state index contributed by atoms with van der Waals surface area (Å²) in [5, 5.41) is 9.70. The molecule has 1 fully saturated rings. The van der Waals surface area contributed by atoms with Crippen LogP contribution in [-0.4, -0.2) is 50.6 Å². The quantitative estimate of drug-likeness (QED) is 0.314. The molecule has 1 heterocycles. The van der Waals surface area contributed by atoms with Crippen LogP contribution in [0.1, 0.15) is 34.1 Å². The first-order chi connectivity index (χ1) is 12.5. The Morgan fingerprint density at radius 2 is 1.85 bits per heavy atom. The van der Waals surface area contributed by atoms with E-state index in [1.165, 1.54) is 5.69 Å². The summed E-state index contributed by atoms with van der Waals surface area (Å²) in [7, 11) is 0. The summed E-state index contributed by atoms with van der Waals surface area (Å²) >= 11 is 0. The number of anilines is 1. The van der Waals surface area contributed by atoms with Crippen molar-refractivity contribution < 1.29 is 4.79 Å². The summed E-state index contributed by atoms with van der Waals surface area (Å²) in [4.78, 5) is 19.2. The van der Waals surface area contributed by atoms with Crippen LogP contribution in [-0.2, 0) is 4.79 Å². The van der Waals surface area contributed by atoms with Crippen LogP contribution < -0.4 is 20.9 Å². The van der Waals surface area contributed by atoms with Gasteiger partial charge in [-0.25, -0.2) is 0 Å². The number of rotatable bonds is 7. The van der Waals surface area contributed by atoms with Gasteiger partial charge in [-0.15, -0.1) is 24.0 Å². The number of nitrogens with zero attached hydrogens (tertiary/aromatic N) is 2. The van der Waals surface area contributed by atoms with Gasteiger partial charge in [0.05, 0.1) is 12.0 Å². The van der Waals surface area contributed by atoms with E-state index in [-0.39, 0.29) is 29.9 Å². The monoisotopic (exact) mass is 487 g/mol. The van der Waals surface area contributed by atoms with Gasteiger partial charge in [-0.3, -0.25) is 9.79 Å². The van der Waals surface area contributed by atoms with Crippen LogP contribution in [0.3, 0.4) is 0 Å². The zero-order chi connectivity index (χ0) is 19.0. The van der Waals surface area contributed by atoms with Crippen molar-refractivity contribution in [2.75, 3.05) is 37.6 Å². The third-order valence-corrected chi connectivity index (χ3v) is 4.58. The predicted octanol–water partition coefficient (Wildman–Crippen LogP) is 2.60. The van der Waals surface area contributed by atoms with Crippen molar-refractivity contribution in [3.63, 3.8) is 0 Å². The van der Waals surface area contributed by atoms with Crippen LogP contribution in [0.2, 0.25) is 0 Å². The van der Waals surface area contributed by atoms with Gasteiger partial charge < -0.3 is 20.9 Å². The van der Waals surface area contributed by atoms with Crippen LogP contribution in [0.25, 0.3) is 0 Å².